The van der Waals surface area contributed by atoms with Crippen LogP contribution in [0.2, 0.25) is 0 Å². The van der Waals surface area contributed by atoms with E-state index in [0.717, 1.165) is 12.8 Å². The predicted octanol–water partition coefficient (Wildman–Crippen LogP) is 7.77. The summed E-state index contributed by atoms with van der Waals surface area (Å²) in [6, 6.07) is 39.5. The van der Waals surface area contributed by atoms with Crippen molar-refractivity contribution in [3.63, 3.8) is 0 Å². The van der Waals surface area contributed by atoms with Crippen LogP contribution in [0.4, 0.5) is 0 Å². The number of hydrogen-bond acceptors (Lipinski definition) is 0. The largest absolute Gasteiger partial charge is 0.0620 e. The molecule has 0 atom stereocenters. The van der Waals surface area contributed by atoms with Crippen molar-refractivity contribution in [3.8, 4) is 0 Å². The van der Waals surface area contributed by atoms with Gasteiger partial charge < -0.3 is 0 Å². The van der Waals surface area contributed by atoms with Crippen LogP contribution in [0, 0.1) is 5.92 Å². The smallest absolute Gasteiger partial charge is 0.00655 e. The zero-order chi connectivity index (χ0) is 20.3. The maximum absolute atomic E-state index is 2.28. The van der Waals surface area contributed by atoms with E-state index in [1.807, 2.05) is 0 Å². The lowest BCUT2D eigenvalue weighted by Crippen LogP contribution is -2.05. The Morgan fingerprint density at radius 3 is 1.73 bits per heavy atom. The van der Waals surface area contributed by atoms with Gasteiger partial charge in [-0.05, 0) is 56.6 Å². The third kappa shape index (κ3) is 3.62. The molecule has 5 aromatic carbocycles. The van der Waals surface area contributed by atoms with Crippen LogP contribution in [0.5, 0.6) is 0 Å². The van der Waals surface area contributed by atoms with E-state index in [2.05, 4.69) is 116 Å². The molecular formula is C30H25. The molecule has 0 fully saturated rings. The van der Waals surface area contributed by atoms with Crippen LogP contribution < -0.4 is 0 Å². The van der Waals surface area contributed by atoms with Crippen molar-refractivity contribution < 1.29 is 0 Å². The summed E-state index contributed by atoms with van der Waals surface area (Å²) >= 11 is 0. The van der Waals surface area contributed by atoms with Crippen molar-refractivity contribution in [1.29, 1.82) is 0 Å². The van der Waals surface area contributed by atoms with Crippen LogP contribution in [-0.2, 0) is 12.8 Å². The Bertz CT molecular complexity index is 1300. The number of fused-ring (bicyclic) bond motifs is 2. The lowest BCUT2D eigenvalue weighted by atomic mass is 9.86. The molecule has 0 unspecified atom stereocenters. The molecule has 0 heterocycles. The zero-order valence-electron chi connectivity index (χ0n) is 17.3. The number of hydrogen-bond donors (Lipinski definition) is 0. The molecule has 0 aromatic heterocycles. The Morgan fingerprint density at radius 1 is 0.500 bits per heavy atom. The molecule has 1 radical (unpaired) electrons. The van der Waals surface area contributed by atoms with E-state index < -0.39 is 0 Å². The van der Waals surface area contributed by atoms with Crippen LogP contribution in [0.25, 0.3) is 21.5 Å². The van der Waals surface area contributed by atoms with Gasteiger partial charge in [0.25, 0.3) is 0 Å². The summed E-state index contributed by atoms with van der Waals surface area (Å²) in [6.07, 6.45) is 1.91. The molecule has 0 saturated heterocycles. The highest BCUT2D eigenvalue weighted by atomic mass is 14.2. The summed E-state index contributed by atoms with van der Waals surface area (Å²) in [5.41, 5.74) is 5.55. The predicted molar refractivity (Wildman–Crippen MR) is 129 cm³/mol. The van der Waals surface area contributed by atoms with Crippen LogP contribution in [0.1, 0.15) is 29.2 Å². The molecule has 0 amide bonds. The Kier molecular flexibility index (Phi) is 5.07. The fourth-order valence-electron chi connectivity index (χ4n) is 4.57. The summed E-state index contributed by atoms with van der Waals surface area (Å²) in [6.45, 7) is 2.28. The van der Waals surface area contributed by atoms with Gasteiger partial charge in [0.1, 0.15) is 0 Å². The van der Waals surface area contributed by atoms with E-state index >= 15 is 0 Å². The van der Waals surface area contributed by atoms with E-state index in [4.69, 9.17) is 0 Å². The molecule has 0 heteroatoms. The lowest BCUT2D eigenvalue weighted by Gasteiger charge is -2.18. The molecule has 5 aromatic rings. The third-order valence-corrected chi connectivity index (χ3v) is 6.07. The van der Waals surface area contributed by atoms with E-state index in [0.29, 0.717) is 0 Å². The van der Waals surface area contributed by atoms with Gasteiger partial charge in [0.05, 0.1) is 0 Å². The standard InChI is InChI=1S/C30H25/c1-22(20-25-15-8-13-23-10-2-6-18-29(23)25)28-17-5-4-12-26(28)21-27-16-9-14-24-11-3-7-19-30(24)27/h2-19H,20-21H2,1H3. The highest BCUT2D eigenvalue weighted by Crippen LogP contribution is 2.29. The van der Waals surface area contributed by atoms with Gasteiger partial charge in [-0.25, -0.2) is 0 Å². The van der Waals surface area contributed by atoms with Gasteiger partial charge in [-0.3, -0.25) is 0 Å². The first-order valence-electron chi connectivity index (χ1n) is 10.6. The fraction of sp³-hybridized carbons (Fsp3) is 0.100. The Hall–Kier alpha value is -3.38. The second-order valence-electron chi connectivity index (χ2n) is 8.07. The summed E-state index contributed by atoms with van der Waals surface area (Å²) in [5, 5.41) is 5.32. The molecule has 5 rings (SSSR count). The topological polar surface area (TPSA) is 0 Å². The summed E-state index contributed by atoms with van der Waals surface area (Å²) < 4.78 is 0. The van der Waals surface area contributed by atoms with Crippen LogP contribution >= 0.6 is 0 Å². The van der Waals surface area contributed by atoms with Gasteiger partial charge in [0, 0.05) is 5.92 Å². The maximum atomic E-state index is 2.28. The first kappa shape index (κ1) is 18.6. The first-order chi connectivity index (χ1) is 14.8. The molecule has 0 bridgehead atoms. The van der Waals surface area contributed by atoms with Crippen LogP contribution in [0.15, 0.2) is 109 Å². The molecular weight excluding hydrogens is 360 g/mol. The van der Waals surface area contributed by atoms with Gasteiger partial charge in [-0.15, -0.1) is 0 Å². The van der Waals surface area contributed by atoms with Crippen molar-refractivity contribution in [2.24, 2.45) is 0 Å². The highest BCUT2D eigenvalue weighted by Gasteiger charge is 2.14. The minimum atomic E-state index is 0.949. The van der Waals surface area contributed by atoms with E-state index in [1.165, 1.54) is 49.7 Å². The zero-order valence-corrected chi connectivity index (χ0v) is 17.3. The van der Waals surface area contributed by atoms with E-state index in [1.54, 1.807) is 0 Å². The molecule has 0 aliphatic carbocycles. The SMILES string of the molecule is C[C](Cc1cccc2ccccc12)c1ccccc1Cc1cccc2ccccc12. The van der Waals surface area contributed by atoms with Crippen molar-refractivity contribution in [2.45, 2.75) is 19.8 Å². The molecule has 145 valence electrons. The Balaban J connectivity index is 1.48. The molecule has 0 aliphatic rings. The van der Waals surface area contributed by atoms with E-state index in [9.17, 15) is 0 Å². The van der Waals surface area contributed by atoms with Crippen molar-refractivity contribution in [1.82, 2.24) is 0 Å². The molecule has 0 aliphatic heterocycles. The molecule has 0 nitrogen and oxygen atoms in total. The Morgan fingerprint density at radius 2 is 1.00 bits per heavy atom. The van der Waals surface area contributed by atoms with Gasteiger partial charge in [0.2, 0.25) is 0 Å². The average Bonchev–Trinajstić information content (AvgIpc) is 2.80. The lowest BCUT2D eigenvalue weighted by molar-refractivity contribution is 0.978. The third-order valence-electron chi connectivity index (χ3n) is 6.07. The van der Waals surface area contributed by atoms with Crippen molar-refractivity contribution in [2.75, 3.05) is 0 Å². The molecule has 0 saturated carbocycles. The Labute approximate surface area is 178 Å². The van der Waals surface area contributed by atoms with Gasteiger partial charge in [-0.1, -0.05) is 116 Å². The maximum Gasteiger partial charge on any atom is 0.00655 e. The number of rotatable bonds is 5. The summed E-state index contributed by atoms with van der Waals surface area (Å²) in [4.78, 5) is 0. The quantitative estimate of drug-likeness (QED) is 0.290. The molecule has 30 heavy (non-hydrogen) atoms. The second-order valence-corrected chi connectivity index (χ2v) is 8.07. The van der Waals surface area contributed by atoms with Crippen LogP contribution in [-0.4, -0.2) is 0 Å². The summed E-state index contributed by atoms with van der Waals surface area (Å²) in [7, 11) is 0. The fourth-order valence-corrected chi connectivity index (χ4v) is 4.57. The highest BCUT2D eigenvalue weighted by molar-refractivity contribution is 5.87. The monoisotopic (exact) mass is 385 g/mol. The first-order valence-corrected chi connectivity index (χ1v) is 10.6. The molecule has 0 N–H and O–H groups in total. The second kappa shape index (κ2) is 8.16. The normalized spacial score (nSPS) is 11.4. The summed E-state index contributed by atoms with van der Waals surface area (Å²) in [5.74, 6) is 1.42. The van der Waals surface area contributed by atoms with Gasteiger partial charge in [0.15, 0.2) is 0 Å². The molecule has 0 spiro atoms. The van der Waals surface area contributed by atoms with Gasteiger partial charge >= 0.3 is 0 Å². The van der Waals surface area contributed by atoms with E-state index in [-0.39, 0.29) is 0 Å². The minimum Gasteiger partial charge on any atom is -0.0620 e. The van der Waals surface area contributed by atoms with Crippen molar-refractivity contribution >= 4 is 21.5 Å². The average molecular weight is 386 g/mol. The van der Waals surface area contributed by atoms with Crippen molar-refractivity contribution in [3.05, 3.63) is 137 Å². The van der Waals surface area contributed by atoms with Crippen LogP contribution in [0.3, 0.4) is 0 Å². The minimum absolute atomic E-state index is 0.949. The van der Waals surface area contributed by atoms with Gasteiger partial charge in [-0.2, -0.15) is 0 Å². The number of benzene rings is 5.